The van der Waals surface area contributed by atoms with E-state index in [2.05, 4.69) is 15.4 Å². The van der Waals surface area contributed by atoms with Gasteiger partial charge in [0.1, 0.15) is 0 Å². The van der Waals surface area contributed by atoms with E-state index in [1.54, 1.807) is 0 Å². The highest BCUT2D eigenvalue weighted by molar-refractivity contribution is 5.96. The molecule has 1 fully saturated rings. The van der Waals surface area contributed by atoms with Crippen molar-refractivity contribution in [2.24, 2.45) is 5.92 Å². The summed E-state index contributed by atoms with van der Waals surface area (Å²) in [6.45, 7) is 1.34. The van der Waals surface area contributed by atoms with Crippen LogP contribution in [-0.4, -0.2) is 37.0 Å². The normalized spacial score (nSPS) is 16.5. The number of ether oxygens (including phenoxy) is 1. The third-order valence-corrected chi connectivity index (χ3v) is 3.25. The second-order valence-electron chi connectivity index (χ2n) is 4.70. The van der Waals surface area contributed by atoms with Crippen molar-refractivity contribution in [2.45, 2.75) is 6.42 Å². The maximum Gasteiger partial charge on any atom is 0.338 e. The number of hydrogen-bond acceptors (Lipinski definition) is 6. The van der Waals surface area contributed by atoms with Gasteiger partial charge < -0.3 is 15.4 Å². The Hall–Kier alpha value is -2.19. The van der Waals surface area contributed by atoms with Crippen molar-refractivity contribution in [3.63, 3.8) is 0 Å². The average molecular weight is 330 g/mol. The fourth-order valence-electron chi connectivity index (χ4n) is 2.15. The number of non-ortho nitro benzene ring substituents is 1. The molecule has 120 valence electrons. The SMILES string of the molecule is COC(=O)c1cc(NC(=O)C2CCNC2)cc([N+](=O)[O-])c1.Cl. The number of benzene rings is 1. The molecule has 8 nitrogen and oxygen atoms in total. The van der Waals surface area contributed by atoms with Crippen LogP contribution in [0.3, 0.4) is 0 Å². The Bertz CT molecular complexity index is 587. The van der Waals surface area contributed by atoms with Crippen molar-refractivity contribution in [3.05, 3.63) is 33.9 Å². The standard InChI is InChI=1S/C13H15N3O5.ClH/c1-21-13(18)9-4-10(6-11(5-9)16(19)20)15-12(17)8-2-3-14-7-8;/h4-6,8,14H,2-3,7H2,1H3,(H,15,17);1H. The molecule has 1 saturated heterocycles. The largest absolute Gasteiger partial charge is 0.465 e. The molecular weight excluding hydrogens is 314 g/mol. The first-order valence-electron chi connectivity index (χ1n) is 6.40. The zero-order valence-corrected chi connectivity index (χ0v) is 12.6. The molecule has 1 aromatic carbocycles. The number of halogens is 1. The van der Waals surface area contributed by atoms with Gasteiger partial charge in [-0.05, 0) is 19.0 Å². The second kappa shape index (κ2) is 7.71. The number of hydrogen-bond donors (Lipinski definition) is 2. The molecule has 0 spiro atoms. The van der Waals surface area contributed by atoms with Gasteiger partial charge in [-0.25, -0.2) is 4.79 Å². The molecule has 0 bridgehead atoms. The third kappa shape index (κ3) is 4.15. The van der Waals surface area contributed by atoms with E-state index in [1.165, 1.54) is 19.2 Å². The molecular formula is C13H16ClN3O5. The van der Waals surface area contributed by atoms with E-state index < -0.39 is 10.9 Å². The maximum absolute atomic E-state index is 12.0. The number of nitrogens with one attached hydrogen (secondary N) is 2. The van der Waals surface area contributed by atoms with Gasteiger partial charge in [0.05, 0.1) is 23.5 Å². The number of amides is 1. The molecule has 1 aromatic rings. The van der Waals surface area contributed by atoms with E-state index in [0.29, 0.717) is 13.0 Å². The van der Waals surface area contributed by atoms with E-state index in [-0.39, 0.29) is 41.2 Å². The minimum atomic E-state index is -0.697. The molecule has 9 heteroatoms. The second-order valence-corrected chi connectivity index (χ2v) is 4.70. The molecule has 22 heavy (non-hydrogen) atoms. The number of nitro benzene ring substituents is 1. The highest BCUT2D eigenvalue weighted by Crippen LogP contribution is 2.22. The first kappa shape index (κ1) is 17.9. The third-order valence-electron chi connectivity index (χ3n) is 3.25. The number of rotatable bonds is 4. The van der Waals surface area contributed by atoms with Crippen LogP contribution in [0.5, 0.6) is 0 Å². The van der Waals surface area contributed by atoms with Gasteiger partial charge in [-0.3, -0.25) is 14.9 Å². The molecule has 0 radical (unpaired) electrons. The summed E-state index contributed by atoms with van der Waals surface area (Å²) >= 11 is 0. The van der Waals surface area contributed by atoms with Gasteiger partial charge in [0.25, 0.3) is 5.69 Å². The first-order chi connectivity index (χ1) is 10.0. The summed E-state index contributed by atoms with van der Waals surface area (Å²) in [7, 11) is 1.18. The lowest BCUT2D eigenvalue weighted by atomic mass is 10.1. The van der Waals surface area contributed by atoms with Crippen LogP contribution in [0.1, 0.15) is 16.8 Å². The highest BCUT2D eigenvalue weighted by atomic mass is 35.5. The Morgan fingerprint density at radius 1 is 1.41 bits per heavy atom. The van der Waals surface area contributed by atoms with E-state index in [0.717, 1.165) is 12.6 Å². The zero-order valence-electron chi connectivity index (χ0n) is 11.8. The van der Waals surface area contributed by atoms with Gasteiger partial charge in [-0.2, -0.15) is 0 Å². The molecule has 1 amide bonds. The van der Waals surface area contributed by atoms with Crippen LogP contribution in [0.2, 0.25) is 0 Å². The molecule has 0 saturated carbocycles. The number of carbonyl (C=O) groups is 2. The molecule has 0 aromatic heterocycles. The fraction of sp³-hybridized carbons (Fsp3) is 0.385. The van der Waals surface area contributed by atoms with Gasteiger partial charge in [0.2, 0.25) is 5.91 Å². The summed E-state index contributed by atoms with van der Waals surface area (Å²) in [5.74, 6) is -1.10. The van der Waals surface area contributed by atoms with Gasteiger partial charge in [0.15, 0.2) is 0 Å². The molecule has 1 aliphatic heterocycles. The molecule has 1 atom stereocenters. The number of nitrogens with zero attached hydrogens (tertiary/aromatic N) is 1. The Labute approximate surface area is 132 Å². The Kier molecular flexibility index (Phi) is 6.26. The van der Waals surface area contributed by atoms with Crippen LogP contribution in [-0.2, 0) is 9.53 Å². The summed E-state index contributed by atoms with van der Waals surface area (Å²) in [6.07, 6.45) is 0.713. The van der Waals surface area contributed by atoms with Crippen molar-refractivity contribution in [1.29, 1.82) is 0 Å². The van der Waals surface area contributed by atoms with Gasteiger partial charge in [-0.1, -0.05) is 0 Å². The highest BCUT2D eigenvalue weighted by Gasteiger charge is 2.23. The Morgan fingerprint density at radius 2 is 2.14 bits per heavy atom. The number of carbonyl (C=O) groups excluding carboxylic acids is 2. The van der Waals surface area contributed by atoms with Crippen LogP contribution in [0.15, 0.2) is 18.2 Å². The van der Waals surface area contributed by atoms with E-state index in [1.807, 2.05) is 0 Å². The van der Waals surface area contributed by atoms with Crippen molar-refractivity contribution < 1.29 is 19.2 Å². The average Bonchev–Trinajstić information content (AvgIpc) is 3.00. The quantitative estimate of drug-likeness (QED) is 0.490. The fourth-order valence-corrected chi connectivity index (χ4v) is 2.15. The van der Waals surface area contributed by atoms with Crippen LogP contribution in [0.4, 0.5) is 11.4 Å². The predicted molar refractivity (Wildman–Crippen MR) is 81.3 cm³/mol. The van der Waals surface area contributed by atoms with Crippen LogP contribution in [0.25, 0.3) is 0 Å². The van der Waals surface area contributed by atoms with Crippen molar-refractivity contribution in [2.75, 3.05) is 25.5 Å². The van der Waals surface area contributed by atoms with Gasteiger partial charge in [0, 0.05) is 24.4 Å². The van der Waals surface area contributed by atoms with Gasteiger partial charge in [-0.15, -0.1) is 12.4 Å². The summed E-state index contributed by atoms with van der Waals surface area (Å²) in [6, 6.07) is 3.68. The van der Waals surface area contributed by atoms with Crippen molar-refractivity contribution >= 4 is 35.7 Å². The predicted octanol–water partition coefficient (Wildman–Crippen LogP) is 1.35. The van der Waals surface area contributed by atoms with Gasteiger partial charge >= 0.3 is 5.97 Å². The lowest BCUT2D eigenvalue weighted by molar-refractivity contribution is -0.384. The number of methoxy groups -OCH3 is 1. The smallest absolute Gasteiger partial charge is 0.338 e. The molecule has 2 rings (SSSR count). The summed E-state index contributed by atoms with van der Waals surface area (Å²) in [5.41, 5.74) is -0.0502. The summed E-state index contributed by atoms with van der Waals surface area (Å²) < 4.78 is 4.55. The minimum Gasteiger partial charge on any atom is -0.465 e. The number of nitro groups is 1. The zero-order chi connectivity index (χ0) is 15.4. The maximum atomic E-state index is 12.0. The topological polar surface area (TPSA) is 111 Å². The number of anilines is 1. The van der Waals surface area contributed by atoms with Crippen LogP contribution < -0.4 is 10.6 Å². The van der Waals surface area contributed by atoms with E-state index in [9.17, 15) is 19.7 Å². The first-order valence-corrected chi connectivity index (χ1v) is 6.40. The van der Waals surface area contributed by atoms with Crippen LogP contribution in [0, 0.1) is 16.0 Å². The van der Waals surface area contributed by atoms with Crippen molar-refractivity contribution in [1.82, 2.24) is 5.32 Å². The summed E-state index contributed by atoms with van der Waals surface area (Å²) in [5, 5.41) is 16.6. The van der Waals surface area contributed by atoms with E-state index >= 15 is 0 Å². The Balaban J connectivity index is 0.00000242. The van der Waals surface area contributed by atoms with Crippen molar-refractivity contribution in [3.8, 4) is 0 Å². The lowest BCUT2D eigenvalue weighted by Gasteiger charge is -2.10. The molecule has 2 N–H and O–H groups in total. The molecule has 0 aliphatic carbocycles. The molecule has 1 heterocycles. The van der Waals surface area contributed by atoms with Crippen LogP contribution >= 0.6 is 12.4 Å². The summed E-state index contributed by atoms with van der Waals surface area (Å²) in [4.78, 5) is 33.8. The van der Waals surface area contributed by atoms with E-state index in [4.69, 9.17) is 0 Å². The Morgan fingerprint density at radius 3 is 2.68 bits per heavy atom. The number of esters is 1. The lowest BCUT2D eigenvalue weighted by Crippen LogP contribution is -2.24. The molecule has 1 aliphatic rings. The minimum absolute atomic E-state index is 0. The monoisotopic (exact) mass is 329 g/mol. The molecule has 1 unspecified atom stereocenters.